The molecule has 0 N–H and O–H groups in total. The lowest BCUT2D eigenvalue weighted by Crippen LogP contribution is -2.23. The predicted molar refractivity (Wildman–Crippen MR) is 91.0 cm³/mol. The summed E-state index contributed by atoms with van der Waals surface area (Å²) in [5.74, 6) is 0.928. The third-order valence-electron chi connectivity index (χ3n) is 3.84. The normalized spacial score (nSPS) is 17.4. The fraction of sp³-hybridized carbons (Fsp3) is 0.316. The molecule has 0 saturated heterocycles. The van der Waals surface area contributed by atoms with Crippen LogP contribution >= 0.6 is 0 Å². The van der Waals surface area contributed by atoms with Gasteiger partial charge in [0, 0.05) is 11.1 Å². The van der Waals surface area contributed by atoms with E-state index in [1.54, 1.807) is 0 Å². The van der Waals surface area contributed by atoms with Crippen LogP contribution in [0.2, 0.25) is 0 Å². The first-order chi connectivity index (χ1) is 10.7. The molecule has 2 aromatic carbocycles. The second-order valence-corrected chi connectivity index (χ2v) is 5.90. The molecular weight excluding hydrogens is 272 g/mol. The molecule has 0 aliphatic carbocycles. The lowest BCUT2D eigenvalue weighted by molar-refractivity contribution is 0.272. The number of hydrogen-bond donors (Lipinski definition) is 0. The summed E-state index contributed by atoms with van der Waals surface area (Å²) in [6.07, 6.45) is 0.997. The van der Waals surface area contributed by atoms with Crippen molar-refractivity contribution in [3.05, 3.63) is 65.7 Å². The average molecular weight is 294 g/mol. The molecule has 0 spiro atoms. The molecule has 1 unspecified atom stereocenters. The van der Waals surface area contributed by atoms with Crippen LogP contribution in [-0.4, -0.2) is 43.9 Å². The Balaban J connectivity index is 1.98. The molecular formula is C19H22N2O. The molecule has 1 heterocycles. The van der Waals surface area contributed by atoms with Crippen molar-refractivity contribution in [2.45, 2.75) is 12.5 Å². The summed E-state index contributed by atoms with van der Waals surface area (Å²) >= 11 is 0. The van der Waals surface area contributed by atoms with Crippen molar-refractivity contribution in [1.29, 1.82) is 0 Å². The van der Waals surface area contributed by atoms with Gasteiger partial charge in [-0.2, -0.15) is 0 Å². The first-order valence-electron chi connectivity index (χ1n) is 7.74. The van der Waals surface area contributed by atoms with Crippen LogP contribution in [0.1, 0.15) is 17.5 Å². The van der Waals surface area contributed by atoms with E-state index in [0.29, 0.717) is 6.61 Å². The van der Waals surface area contributed by atoms with Gasteiger partial charge in [-0.1, -0.05) is 42.5 Å². The lowest BCUT2D eigenvalue weighted by atomic mass is 10.0. The van der Waals surface area contributed by atoms with Crippen LogP contribution in [-0.2, 0) is 0 Å². The molecule has 0 bridgehead atoms. The van der Waals surface area contributed by atoms with Crippen LogP contribution in [0.4, 0.5) is 0 Å². The maximum atomic E-state index is 6.01. The zero-order valence-electron chi connectivity index (χ0n) is 13.2. The maximum absolute atomic E-state index is 6.01. The van der Waals surface area contributed by atoms with E-state index in [2.05, 4.69) is 49.3 Å². The van der Waals surface area contributed by atoms with Gasteiger partial charge in [0.25, 0.3) is 0 Å². The summed E-state index contributed by atoms with van der Waals surface area (Å²) < 4.78 is 6.01. The summed E-state index contributed by atoms with van der Waals surface area (Å²) in [7, 11) is 4.18. The van der Waals surface area contributed by atoms with Crippen molar-refractivity contribution in [2.75, 3.05) is 27.2 Å². The molecule has 3 rings (SSSR count). The Morgan fingerprint density at radius 2 is 1.77 bits per heavy atom. The second-order valence-electron chi connectivity index (χ2n) is 5.90. The average Bonchev–Trinajstić information content (AvgIpc) is 2.73. The van der Waals surface area contributed by atoms with E-state index in [1.807, 2.05) is 24.3 Å². The van der Waals surface area contributed by atoms with Crippen molar-refractivity contribution in [3.63, 3.8) is 0 Å². The van der Waals surface area contributed by atoms with Gasteiger partial charge in [0.2, 0.25) is 0 Å². The highest BCUT2D eigenvalue weighted by Crippen LogP contribution is 2.26. The van der Waals surface area contributed by atoms with E-state index < -0.39 is 0 Å². The van der Waals surface area contributed by atoms with Gasteiger partial charge in [0.05, 0.1) is 11.8 Å². The number of fused-ring (bicyclic) bond motifs is 1. The van der Waals surface area contributed by atoms with Gasteiger partial charge in [-0.05, 0) is 39.2 Å². The topological polar surface area (TPSA) is 24.8 Å². The van der Waals surface area contributed by atoms with E-state index >= 15 is 0 Å². The molecule has 0 radical (unpaired) electrons. The van der Waals surface area contributed by atoms with E-state index in [4.69, 9.17) is 9.73 Å². The molecule has 0 amide bonds. The van der Waals surface area contributed by atoms with Crippen molar-refractivity contribution in [1.82, 2.24) is 4.90 Å². The molecule has 0 saturated carbocycles. The first-order valence-corrected chi connectivity index (χ1v) is 7.74. The zero-order chi connectivity index (χ0) is 15.4. The minimum absolute atomic E-state index is 0.185. The third-order valence-corrected chi connectivity index (χ3v) is 3.84. The smallest absolute Gasteiger partial charge is 0.128 e. The molecule has 3 heteroatoms. The summed E-state index contributed by atoms with van der Waals surface area (Å²) in [6.45, 7) is 1.65. The number of benzene rings is 2. The number of rotatable bonds is 4. The quantitative estimate of drug-likeness (QED) is 0.865. The molecule has 114 valence electrons. The number of hydrogen-bond acceptors (Lipinski definition) is 3. The standard InChI is InChI=1S/C19H22N2O/c1-21(2)13-12-16-14-22-18-11-7-6-10-17(18)19(20-16)15-8-4-3-5-9-15/h3-11,16H,12-14H2,1-2H3. The Morgan fingerprint density at radius 3 is 2.55 bits per heavy atom. The van der Waals surface area contributed by atoms with E-state index in [9.17, 15) is 0 Å². The van der Waals surface area contributed by atoms with Gasteiger partial charge in [0.15, 0.2) is 0 Å². The van der Waals surface area contributed by atoms with Crippen LogP contribution in [0.3, 0.4) is 0 Å². The monoisotopic (exact) mass is 294 g/mol. The first kappa shape index (κ1) is 14.8. The highest BCUT2D eigenvalue weighted by molar-refractivity contribution is 6.14. The largest absolute Gasteiger partial charge is 0.491 e. The third kappa shape index (κ3) is 3.37. The van der Waals surface area contributed by atoms with Crippen LogP contribution in [0.25, 0.3) is 0 Å². The van der Waals surface area contributed by atoms with Crippen molar-refractivity contribution in [3.8, 4) is 5.75 Å². The van der Waals surface area contributed by atoms with E-state index in [0.717, 1.165) is 35.6 Å². The number of para-hydroxylation sites is 1. The Hall–Kier alpha value is -2.13. The Kier molecular flexibility index (Phi) is 4.54. The van der Waals surface area contributed by atoms with Crippen molar-refractivity contribution >= 4 is 5.71 Å². The van der Waals surface area contributed by atoms with Gasteiger partial charge in [-0.3, -0.25) is 4.99 Å². The Labute approximate surface area is 132 Å². The second kappa shape index (κ2) is 6.75. The van der Waals surface area contributed by atoms with Crippen LogP contribution in [0, 0.1) is 0 Å². The van der Waals surface area contributed by atoms with Crippen LogP contribution in [0.5, 0.6) is 5.75 Å². The molecule has 2 aromatic rings. The van der Waals surface area contributed by atoms with Gasteiger partial charge in [-0.15, -0.1) is 0 Å². The van der Waals surface area contributed by atoms with E-state index in [1.165, 1.54) is 0 Å². The fourth-order valence-electron chi connectivity index (χ4n) is 2.64. The molecule has 1 aliphatic heterocycles. The molecule has 0 fully saturated rings. The van der Waals surface area contributed by atoms with E-state index in [-0.39, 0.29) is 6.04 Å². The summed E-state index contributed by atoms with van der Waals surface area (Å²) in [4.78, 5) is 7.21. The minimum Gasteiger partial charge on any atom is -0.491 e. The zero-order valence-corrected chi connectivity index (χ0v) is 13.2. The Morgan fingerprint density at radius 1 is 1.05 bits per heavy atom. The van der Waals surface area contributed by atoms with Gasteiger partial charge in [0.1, 0.15) is 12.4 Å². The van der Waals surface area contributed by atoms with Gasteiger partial charge >= 0.3 is 0 Å². The number of nitrogens with zero attached hydrogens (tertiary/aromatic N) is 2. The summed E-state index contributed by atoms with van der Waals surface area (Å²) in [5, 5.41) is 0. The molecule has 1 atom stereocenters. The lowest BCUT2D eigenvalue weighted by Gasteiger charge is -2.15. The van der Waals surface area contributed by atoms with Gasteiger partial charge in [-0.25, -0.2) is 0 Å². The molecule has 22 heavy (non-hydrogen) atoms. The minimum atomic E-state index is 0.185. The maximum Gasteiger partial charge on any atom is 0.128 e. The summed E-state index contributed by atoms with van der Waals surface area (Å²) in [5.41, 5.74) is 3.27. The predicted octanol–water partition coefficient (Wildman–Crippen LogP) is 3.24. The highest BCUT2D eigenvalue weighted by Gasteiger charge is 2.20. The number of aliphatic imine (C=N–C) groups is 1. The summed E-state index contributed by atoms with van der Waals surface area (Å²) in [6, 6.07) is 18.7. The molecule has 3 nitrogen and oxygen atoms in total. The fourth-order valence-corrected chi connectivity index (χ4v) is 2.64. The Bertz CT molecular complexity index is 649. The van der Waals surface area contributed by atoms with Crippen LogP contribution in [0.15, 0.2) is 59.6 Å². The SMILES string of the molecule is CN(C)CCC1COc2ccccc2C(c2ccccc2)=N1. The molecule has 0 aromatic heterocycles. The van der Waals surface area contributed by atoms with Crippen LogP contribution < -0.4 is 4.74 Å². The van der Waals surface area contributed by atoms with Gasteiger partial charge < -0.3 is 9.64 Å². The van der Waals surface area contributed by atoms with Crippen molar-refractivity contribution < 1.29 is 4.74 Å². The number of ether oxygens (including phenoxy) is 1. The molecule has 1 aliphatic rings. The highest BCUT2D eigenvalue weighted by atomic mass is 16.5. The van der Waals surface area contributed by atoms with Crippen molar-refractivity contribution in [2.24, 2.45) is 4.99 Å².